The smallest absolute Gasteiger partial charge is 0.0534 e. The molecule has 4 heteroatoms. The summed E-state index contributed by atoms with van der Waals surface area (Å²) in [6.45, 7) is 12.4. The molecule has 1 atom stereocenters. The quantitative estimate of drug-likeness (QED) is 0.903. The van der Waals surface area contributed by atoms with Crippen molar-refractivity contribution in [2.24, 2.45) is 13.0 Å². The summed E-state index contributed by atoms with van der Waals surface area (Å²) in [5, 5.41) is 7.95. The lowest BCUT2D eigenvalue weighted by Crippen LogP contribution is -2.61. The van der Waals surface area contributed by atoms with Crippen LogP contribution in [0.5, 0.6) is 0 Å². The number of nitrogens with one attached hydrogen (secondary N) is 1. The Hall–Kier alpha value is -0.870. The van der Waals surface area contributed by atoms with Crippen molar-refractivity contribution >= 4 is 0 Å². The van der Waals surface area contributed by atoms with Crippen LogP contribution in [0.25, 0.3) is 0 Å². The highest BCUT2D eigenvalue weighted by Crippen LogP contribution is 2.22. The molecule has 1 aromatic rings. The van der Waals surface area contributed by atoms with Gasteiger partial charge in [-0.15, -0.1) is 0 Å². The minimum Gasteiger partial charge on any atom is -0.309 e. The van der Waals surface area contributed by atoms with Gasteiger partial charge < -0.3 is 5.32 Å². The zero-order chi connectivity index (χ0) is 14.0. The highest BCUT2D eigenvalue weighted by Gasteiger charge is 2.32. The predicted molar refractivity (Wildman–Crippen MR) is 78.9 cm³/mol. The summed E-state index contributed by atoms with van der Waals surface area (Å²) in [7, 11) is 1.98. The van der Waals surface area contributed by atoms with Crippen LogP contribution in [-0.2, 0) is 13.6 Å². The van der Waals surface area contributed by atoms with Gasteiger partial charge in [-0.3, -0.25) is 9.58 Å². The Bertz CT molecular complexity index is 408. The van der Waals surface area contributed by atoms with Crippen LogP contribution in [0.2, 0.25) is 0 Å². The molecule has 0 aromatic carbocycles. The van der Waals surface area contributed by atoms with Gasteiger partial charge in [-0.05, 0) is 26.2 Å². The highest BCUT2D eigenvalue weighted by atomic mass is 15.3. The molecule has 2 rings (SSSR count). The van der Waals surface area contributed by atoms with E-state index >= 15 is 0 Å². The van der Waals surface area contributed by atoms with Crippen molar-refractivity contribution in [1.29, 1.82) is 0 Å². The Morgan fingerprint density at radius 3 is 2.79 bits per heavy atom. The van der Waals surface area contributed by atoms with Crippen molar-refractivity contribution in [2.75, 3.05) is 13.1 Å². The third-order valence-electron chi connectivity index (χ3n) is 3.82. The molecular weight excluding hydrogens is 236 g/mol. The Balaban J connectivity index is 2.06. The summed E-state index contributed by atoms with van der Waals surface area (Å²) < 4.78 is 1.89. The highest BCUT2D eigenvalue weighted by molar-refractivity contribution is 5.05. The first-order chi connectivity index (χ1) is 8.85. The number of hydrogen-bond acceptors (Lipinski definition) is 3. The van der Waals surface area contributed by atoms with Gasteiger partial charge in [0.15, 0.2) is 0 Å². The van der Waals surface area contributed by atoms with Crippen molar-refractivity contribution in [2.45, 2.75) is 52.2 Å². The van der Waals surface area contributed by atoms with Crippen LogP contribution in [0, 0.1) is 5.92 Å². The Labute approximate surface area is 117 Å². The van der Waals surface area contributed by atoms with Crippen molar-refractivity contribution < 1.29 is 0 Å². The summed E-state index contributed by atoms with van der Waals surface area (Å²) in [6.07, 6.45) is 5.37. The largest absolute Gasteiger partial charge is 0.309 e. The molecule has 1 unspecified atom stereocenters. The molecule has 1 aliphatic heterocycles. The third kappa shape index (κ3) is 4.05. The number of hydrogen-bond donors (Lipinski definition) is 1. The van der Waals surface area contributed by atoms with Gasteiger partial charge in [-0.25, -0.2) is 0 Å². The fourth-order valence-electron chi connectivity index (χ4n) is 2.97. The molecule has 1 saturated heterocycles. The van der Waals surface area contributed by atoms with E-state index in [1.807, 2.05) is 17.9 Å². The van der Waals surface area contributed by atoms with Crippen LogP contribution >= 0.6 is 0 Å². The lowest BCUT2D eigenvalue weighted by atomic mass is 9.93. The zero-order valence-electron chi connectivity index (χ0n) is 13.0. The standard InChI is InChI=1S/C15H28N4/c1-12(2)6-14-8-16-15(3,4)11-19(14)10-13-7-17-18(5)9-13/h7,9,12,14,16H,6,8,10-11H2,1-5H3. The second-order valence-electron chi connectivity index (χ2n) is 6.98. The number of rotatable bonds is 4. The van der Waals surface area contributed by atoms with Gasteiger partial charge in [-0.2, -0.15) is 5.10 Å². The van der Waals surface area contributed by atoms with Crippen LogP contribution in [0.1, 0.15) is 39.7 Å². The van der Waals surface area contributed by atoms with Crippen molar-refractivity contribution in [3.05, 3.63) is 18.0 Å². The first kappa shape index (κ1) is 14.5. The Morgan fingerprint density at radius 2 is 2.21 bits per heavy atom. The molecule has 1 fully saturated rings. The van der Waals surface area contributed by atoms with Crippen LogP contribution in [-0.4, -0.2) is 39.4 Å². The second-order valence-corrected chi connectivity index (χ2v) is 6.98. The van der Waals surface area contributed by atoms with E-state index in [2.05, 4.69) is 49.2 Å². The maximum atomic E-state index is 4.28. The van der Waals surface area contributed by atoms with Crippen LogP contribution in [0.15, 0.2) is 12.4 Å². The van der Waals surface area contributed by atoms with Gasteiger partial charge in [0.2, 0.25) is 0 Å². The predicted octanol–water partition coefficient (Wildman–Crippen LogP) is 2.02. The number of aryl methyl sites for hydroxylation is 1. The molecule has 19 heavy (non-hydrogen) atoms. The molecule has 4 nitrogen and oxygen atoms in total. The van der Waals surface area contributed by atoms with Crippen LogP contribution < -0.4 is 5.32 Å². The molecule has 0 radical (unpaired) electrons. The van der Waals surface area contributed by atoms with Crippen molar-refractivity contribution in [3.63, 3.8) is 0 Å². The van der Waals surface area contributed by atoms with Gasteiger partial charge in [-0.1, -0.05) is 13.8 Å². The third-order valence-corrected chi connectivity index (χ3v) is 3.82. The lowest BCUT2D eigenvalue weighted by molar-refractivity contribution is 0.0760. The molecule has 0 saturated carbocycles. The molecule has 0 aliphatic carbocycles. The number of nitrogens with zero attached hydrogens (tertiary/aromatic N) is 3. The lowest BCUT2D eigenvalue weighted by Gasteiger charge is -2.45. The molecule has 0 spiro atoms. The molecule has 1 N–H and O–H groups in total. The van der Waals surface area contributed by atoms with E-state index < -0.39 is 0 Å². The maximum Gasteiger partial charge on any atom is 0.0534 e. The summed E-state index contributed by atoms with van der Waals surface area (Å²) in [5.41, 5.74) is 1.52. The number of aromatic nitrogens is 2. The molecular formula is C15H28N4. The van der Waals surface area contributed by atoms with Crippen molar-refractivity contribution in [1.82, 2.24) is 20.0 Å². The zero-order valence-corrected chi connectivity index (χ0v) is 13.0. The minimum absolute atomic E-state index is 0.204. The summed E-state index contributed by atoms with van der Waals surface area (Å²) in [5.74, 6) is 0.740. The fourth-order valence-corrected chi connectivity index (χ4v) is 2.97. The average molecular weight is 264 g/mol. The molecule has 2 heterocycles. The van der Waals surface area contributed by atoms with Gasteiger partial charge in [0.1, 0.15) is 0 Å². The van der Waals surface area contributed by atoms with E-state index in [9.17, 15) is 0 Å². The second kappa shape index (κ2) is 5.63. The summed E-state index contributed by atoms with van der Waals surface area (Å²) in [4.78, 5) is 2.62. The van der Waals surface area contributed by atoms with E-state index in [4.69, 9.17) is 0 Å². The van der Waals surface area contributed by atoms with Gasteiger partial charge in [0.25, 0.3) is 0 Å². The molecule has 0 amide bonds. The monoisotopic (exact) mass is 264 g/mol. The van der Waals surface area contributed by atoms with E-state index in [0.29, 0.717) is 6.04 Å². The van der Waals surface area contributed by atoms with E-state index in [-0.39, 0.29) is 5.54 Å². The molecule has 1 aromatic heterocycles. The first-order valence-electron chi connectivity index (χ1n) is 7.32. The summed E-state index contributed by atoms with van der Waals surface area (Å²) in [6, 6.07) is 0.633. The van der Waals surface area contributed by atoms with E-state index in [1.54, 1.807) is 0 Å². The molecule has 1 aliphatic rings. The fraction of sp³-hybridized carbons (Fsp3) is 0.800. The Morgan fingerprint density at radius 1 is 1.47 bits per heavy atom. The topological polar surface area (TPSA) is 33.1 Å². The molecule has 108 valence electrons. The van der Waals surface area contributed by atoms with Gasteiger partial charge in [0, 0.05) is 50.0 Å². The van der Waals surface area contributed by atoms with Gasteiger partial charge in [0.05, 0.1) is 6.20 Å². The van der Waals surface area contributed by atoms with Crippen molar-refractivity contribution in [3.8, 4) is 0 Å². The van der Waals surface area contributed by atoms with Crippen LogP contribution in [0.4, 0.5) is 0 Å². The Kier molecular flexibility index (Phi) is 4.31. The number of piperazine rings is 1. The normalized spacial score (nSPS) is 24.0. The maximum absolute atomic E-state index is 4.28. The van der Waals surface area contributed by atoms with Gasteiger partial charge >= 0.3 is 0 Å². The SMILES string of the molecule is CC(C)CC1CNC(C)(C)CN1Cc1cnn(C)c1. The minimum atomic E-state index is 0.204. The van der Waals surface area contributed by atoms with E-state index in [1.165, 1.54) is 12.0 Å². The van der Waals surface area contributed by atoms with E-state index in [0.717, 1.165) is 25.6 Å². The molecule has 0 bridgehead atoms. The first-order valence-corrected chi connectivity index (χ1v) is 7.32. The van der Waals surface area contributed by atoms with Crippen LogP contribution in [0.3, 0.4) is 0 Å². The summed E-state index contributed by atoms with van der Waals surface area (Å²) >= 11 is 0. The average Bonchev–Trinajstić information content (AvgIpc) is 2.67.